The molecule has 0 fully saturated rings. The van der Waals surface area contributed by atoms with E-state index < -0.39 is 26.3 Å². The minimum Gasteiger partial charge on any atom is -0.329 e. The molecule has 9 heteroatoms. The highest BCUT2D eigenvalue weighted by Crippen LogP contribution is 2.47. The quantitative estimate of drug-likeness (QED) is 0.593. The second-order valence-electron chi connectivity index (χ2n) is 3.59. The summed E-state index contributed by atoms with van der Waals surface area (Å²) in [4.78, 5) is 9.08. The van der Waals surface area contributed by atoms with Crippen LogP contribution in [0.25, 0.3) is 0 Å². The van der Waals surface area contributed by atoms with Crippen molar-refractivity contribution in [1.82, 2.24) is 0 Å². The van der Waals surface area contributed by atoms with Crippen LogP contribution in [0.15, 0.2) is 0 Å². The van der Waals surface area contributed by atoms with Crippen molar-refractivity contribution in [2.75, 3.05) is 5.75 Å². The van der Waals surface area contributed by atoms with Gasteiger partial charge in [-0.1, -0.05) is 0 Å². The molecule has 1 unspecified atom stereocenters. The lowest BCUT2D eigenvalue weighted by Crippen LogP contribution is -2.25. The molecule has 0 aromatic rings. The molecule has 14 heavy (non-hydrogen) atoms. The second-order valence-corrected chi connectivity index (χ2v) is 11.8. The normalized spacial score (nSPS) is 17.8. The molecule has 0 aliphatic heterocycles. The van der Waals surface area contributed by atoms with E-state index in [1.807, 2.05) is 0 Å². The summed E-state index contributed by atoms with van der Waals surface area (Å²) in [7, 11) is -10.8. The van der Waals surface area contributed by atoms with Gasteiger partial charge in [0, 0.05) is 0 Å². The topological polar surface area (TPSA) is 89.9 Å². The lowest BCUT2D eigenvalue weighted by Gasteiger charge is -2.20. The highest BCUT2D eigenvalue weighted by molar-refractivity contribution is 7.90. The molecule has 0 spiro atoms. The van der Waals surface area contributed by atoms with Gasteiger partial charge < -0.3 is 9.11 Å². The van der Waals surface area contributed by atoms with Crippen LogP contribution in [0.2, 0.25) is 19.6 Å². The average molecular weight is 262 g/mol. The smallest absolute Gasteiger partial charge is 0.329 e. The number of phosphoric acid groups is 1. The summed E-state index contributed by atoms with van der Waals surface area (Å²) in [6.07, 6.45) is 0. The Morgan fingerprint density at radius 3 is 2.07 bits per heavy atom. The predicted molar refractivity (Wildman–Crippen MR) is 54.8 cm³/mol. The van der Waals surface area contributed by atoms with Gasteiger partial charge in [0.1, 0.15) is 0 Å². The fourth-order valence-electron chi connectivity index (χ4n) is 0.558. The lowest BCUT2D eigenvalue weighted by molar-refractivity contribution is 0.291. The number of rotatable bonds is 5. The Morgan fingerprint density at radius 2 is 1.79 bits per heavy atom. The third-order valence-electron chi connectivity index (χ3n) is 0.951. The molecule has 0 saturated carbocycles. The van der Waals surface area contributed by atoms with Gasteiger partial charge >= 0.3 is 7.82 Å². The van der Waals surface area contributed by atoms with Crippen LogP contribution in [0.3, 0.4) is 0 Å². The molecule has 0 radical (unpaired) electrons. The third kappa shape index (κ3) is 6.69. The van der Waals surface area contributed by atoms with Gasteiger partial charge in [0.2, 0.25) is 0 Å². The van der Waals surface area contributed by atoms with Crippen LogP contribution in [-0.4, -0.2) is 27.4 Å². The summed E-state index contributed by atoms with van der Waals surface area (Å²) < 4.78 is 41.7. The first-order chi connectivity index (χ1) is 5.97. The van der Waals surface area contributed by atoms with E-state index in [9.17, 15) is 13.0 Å². The maximum absolute atomic E-state index is 11.2. The van der Waals surface area contributed by atoms with E-state index in [1.165, 1.54) is 6.92 Å². The van der Waals surface area contributed by atoms with Crippen molar-refractivity contribution in [3.63, 3.8) is 0 Å². The van der Waals surface area contributed by atoms with Gasteiger partial charge in [0.15, 0.2) is 8.32 Å². The van der Waals surface area contributed by atoms with E-state index in [-0.39, 0.29) is 5.75 Å². The Bertz CT molecular complexity index is 331. The third-order valence-corrected chi connectivity index (χ3v) is 6.43. The van der Waals surface area contributed by atoms with Crippen LogP contribution in [-0.2, 0) is 22.9 Å². The monoisotopic (exact) mass is 262 g/mol. The summed E-state index contributed by atoms with van der Waals surface area (Å²) in [5, 5.41) is 0. The van der Waals surface area contributed by atoms with Gasteiger partial charge in [-0.3, -0.25) is 0 Å². The Hall–Kier alpha value is 0.277. The molecule has 0 saturated heterocycles. The molecule has 1 N–H and O–H groups in total. The molecular formula is C5H15O6PSSi. The van der Waals surface area contributed by atoms with Crippen LogP contribution in [0.5, 0.6) is 0 Å². The van der Waals surface area contributed by atoms with E-state index in [0.29, 0.717) is 0 Å². The van der Waals surface area contributed by atoms with E-state index in [0.717, 1.165) is 0 Å². The standard InChI is InChI=1S/C5H15O6PSSi/c1-5-13(8,9)10-12(6,7)11-14(2,3)4/h5H2,1-4H3,(H,6,7). The van der Waals surface area contributed by atoms with E-state index >= 15 is 0 Å². The highest BCUT2D eigenvalue weighted by atomic mass is 32.2. The first-order valence-electron chi connectivity index (χ1n) is 3.95. The molecule has 0 amide bonds. The molecule has 0 aromatic heterocycles. The van der Waals surface area contributed by atoms with Crippen LogP contribution in [0, 0.1) is 0 Å². The fraction of sp³-hybridized carbons (Fsp3) is 1.00. The van der Waals surface area contributed by atoms with Gasteiger partial charge in [-0.05, 0) is 26.6 Å². The molecule has 1 atom stereocenters. The van der Waals surface area contributed by atoms with E-state index in [4.69, 9.17) is 9.11 Å². The van der Waals surface area contributed by atoms with Crippen LogP contribution in [0.1, 0.15) is 6.92 Å². The zero-order chi connectivity index (χ0) is 11.6. The predicted octanol–water partition coefficient (Wildman–Crippen LogP) is 1.30. The van der Waals surface area contributed by atoms with Gasteiger partial charge in [-0.2, -0.15) is 12.4 Å². The van der Waals surface area contributed by atoms with Gasteiger partial charge in [-0.15, -0.1) is 0 Å². The van der Waals surface area contributed by atoms with E-state index in [1.54, 1.807) is 19.6 Å². The Morgan fingerprint density at radius 1 is 1.36 bits per heavy atom. The lowest BCUT2D eigenvalue weighted by atomic mass is 11.0. The maximum atomic E-state index is 11.2. The molecule has 0 aromatic carbocycles. The SMILES string of the molecule is CCS(=O)(=O)OP(=O)(O)O[Si](C)(C)C. The Kier molecular flexibility index (Phi) is 4.51. The van der Waals surface area contributed by atoms with Gasteiger partial charge in [0.05, 0.1) is 5.75 Å². The molecular weight excluding hydrogens is 247 g/mol. The summed E-state index contributed by atoms with van der Waals surface area (Å²) in [5.41, 5.74) is 0. The first kappa shape index (κ1) is 14.3. The van der Waals surface area contributed by atoms with Crippen molar-refractivity contribution in [2.24, 2.45) is 0 Å². The second kappa shape index (κ2) is 4.42. The van der Waals surface area contributed by atoms with Crippen LogP contribution in [0.4, 0.5) is 0 Å². The maximum Gasteiger partial charge on any atom is 0.477 e. The van der Waals surface area contributed by atoms with Crippen LogP contribution >= 0.6 is 7.82 Å². The molecule has 0 aliphatic rings. The van der Waals surface area contributed by atoms with Crippen molar-refractivity contribution in [3.8, 4) is 0 Å². The van der Waals surface area contributed by atoms with Crippen molar-refractivity contribution in [1.29, 1.82) is 0 Å². The Labute approximate surface area is 85.1 Å². The molecule has 0 aliphatic carbocycles. The van der Waals surface area contributed by atoms with Gasteiger partial charge in [-0.25, -0.2) is 4.57 Å². The highest BCUT2D eigenvalue weighted by Gasteiger charge is 2.34. The molecule has 0 rings (SSSR count). The summed E-state index contributed by atoms with van der Waals surface area (Å²) in [5.74, 6) is -0.368. The van der Waals surface area contributed by atoms with Crippen LogP contribution < -0.4 is 0 Å². The molecule has 86 valence electrons. The van der Waals surface area contributed by atoms with Crippen molar-refractivity contribution in [2.45, 2.75) is 26.6 Å². The molecule has 0 heterocycles. The largest absolute Gasteiger partial charge is 0.477 e. The zero-order valence-electron chi connectivity index (χ0n) is 8.55. The summed E-state index contributed by atoms with van der Waals surface area (Å²) >= 11 is 0. The minimum absolute atomic E-state index is 0.368. The van der Waals surface area contributed by atoms with Gasteiger partial charge in [0.25, 0.3) is 10.1 Å². The molecule has 0 bridgehead atoms. The van der Waals surface area contributed by atoms with E-state index in [2.05, 4.69) is 3.97 Å². The Balaban J connectivity index is 4.60. The van der Waals surface area contributed by atoms with Crippen molar-refractivity contribution in [3.05, 3.63) is 0 Å². The zero-order valence-corrected chi connectivity index (χ0v) is 11.3. The first-order valence-corrected chi connectivity index (χ1v) is 10.4. The fourth-order valence-corrected chi connectivity index (χ4v) is 5.29. The minimum atomic E-state index is -4.48. The molecule has 6 nitrogen and oxygen atoms in total. The summed E-state index contributed by atoms with van der Waals surface area (Å²) in [6.45, 7) is 6.26. The van der Waals surface area contributed by atoms with Crippen molar-refractivity contribution < 1.29 is 26.1 Å². The average Bonchev–Trinajstić information content (AvgIpc) is 1.78. The number of hydrogen-bond donors (Lipinski definition) is 1. The number of hydrogen-bond acceptors (Lipinski definition) is 5. The summed E-state index contributed by atoms with van der Waals surface area (Å²) in [6, 6.07) is 0. The van der Waals surface area contributed by atoms with Crippen molar-refractivity contribution >= 4 is 26.3 Å².